The van der Waals surface area contributed by atoms with Gasteiger partial charge in [-0.3, -0.25) is 9.59 Å². The van der Waals surface area contributed by atoms with Gasteiger partial charge in [0.15, 0.2) is 0 Å². The summed E-state index contributed by atoms with van der Waals surface area (Å²) < 4.78 is 0. The molecule has 5 nitrogen and oxygen atoms in total. The molecule has 0 radical (unpaired) electrons. The Balaban J connectivity index is 1.92. The molecule has 1 aromatic heterocycles. The van der Waals surface area contributed by atoms with Crippen molar-refractivity contribution in [2.45, 2.75) is 19.3 Å². The van der Waals surface area contributed by atoms with Gasteiger partial charge in [0, 0.05) is 19.5 Å². The van der Waals surface area contributed by atoms with E-state index >= 15 is 0 Å². The predicted molar refractivity (Wildman–Crippen MR) is 80.7 cm³/mol. The van der Waals surface area contributed by atoms with Gasteiger partial charge < -0.3 is 15.7 Å². The average Bonchev–Trinajstić information content (AvgIpc) is 2.93. The molecule has 1 aromatic rings. The number of nitrogens with zero attached hydrogens (tertiary/aromatic N) is 1. The van der Waals surface area contributed by atoms with E-state index in [9.17, 15) is 9.59 Å². The van der Waals surface area contributed by atoms with Crippen LogP contribution in [0.2, 0.25) is 0 Å². The lowest BCUT2D eigenvalue weighted by Crippen LogP contribution is -2.39. The first-order valence-corrected chi connectivity index (χ1v) is 7.69. The molecular formula is C15H18N2O3S. The van der Waals surface area contributed by atoms with Crippen LogP contribution in [0.1, 0.15) is 33.8 Å². The standard InChI is InChI=1S/C15H18N2O3S/c16-14(19)10-11-5-7-17(8-6-11)15(20)13-4-3-12(21-13)2-1-9-18/h3-4,11,18H,5-10H2,(H2,16,19). The summed E-state index contributed by atoms with van der Waals surface area (Å²) in [4.78, 5) is 26.5. The van der Waals surface area contributed by atoms with E-state index in [1.165, 1.54) is 11.3 Å². The van der Waals surface area contributed by atoms with Crippen molar-refractivity contribution in [2.24, 2.45) is 11.7 Å². The molecule has 112 valence electrons. The lowest BCUT2D eigenvalue weighted by Gasteiger charge is -2.31. The molecule has 2 heterocycles. The van der Waals surface area contributed by atoms with Crippen molar-refractivity contribution in [3.05, 3.63) is 21.9 Å². The fourth-order valence-electron chi connectivity index (χ4n) is 2.43. The Morgan fingerprint density at radius 2 is 2.10 bits per heavy atom. The molecule has 0 atom stereocenters. The monoisotopic (exact) mass is 306 g/mol. The van der Waals surface area contributed by atoms with Crippen LogP contribution in [-0.4, -0.2) is 41.5 Å². The number of nitrogens with two attached hydrogens (primary N) is 1. The number of likely N-dealkylation sites (tertiary alicyclic amines) is 1. The highest BCUT2D eigenvalue weighted by atomic mass is 32.1. The van der Waals surface area contributed by atoms with Crippen molar-refractivity contribution in [3.8, 4) is 11.8 Å². The Morgan fingerprint density at radius 1 is 1.38 bits per heavy atom. The maximum Gasteiger partial charge on any atom is 0.263 e. The smallest absolute Gasteiger partial charge is 0.263 e. The minimum Gasteiger partial charge on any atom is -0.384 e. The highest BCUT2D eigenvalue weighted by molar-refractivity contribution is 7.14. The number of piperidine rings is 1. The van der Waals surface area contributed by atoms with Gasteiger partial charge in [-0.2, -0.15) is 0 Å². The molecule has 1 aliphatic heterocycles. The number of thiophene rings is 1. The lowest BCUT2D eigenvalue weighted by molar-refractivity contribution is -0.119. The number of aliphatic hydroxyl groups excluding tert-OH is 1. The summed E-state index contributed by atoms with van der Waals surface area (Å²) in [6.07, 6.45) is 2.04. The van der Waals surface area contributed by atoms with Crippen molar-refractivity contribution in [1.82, 2.24) is 4.90 Å². The number of carbonyl (C=O) groups is 2. The molecule has 6 heteroatoms. The third-order valence-corrected chi connectivity index (χ3v) is 4.49. The number of hydrogen-bond acceptors (Lipinski definition) is 4. The summed E-state index contributed by atoms with van der Waals surface area (Å²) in [6, 6.07) is 3.56. The highest BCUT2D eigenvalue weighted by Crippen LogP contribution is 2.24. The zero-order valence-corrected chi connectivity index (χ0v) is 12.5. The Kier molecular flexibility index (Phi) is 5.37. The van der Waals surface area contributed by atoms with E-state index in [0.29, 0.717) is 30.3 Å². The zero-order chi connectivity index (χ0) is 15.2. The second kappa shape index (κ2) is 7.25. The van der Waals surface area contributed by atoms with E-state index in [0.717, 1.165) is 17.7 Å². The fraction of sp³-hybridized carbons (Fsp3) is 0.467. The predicted octanol–water partition coefficient (Wildman–Crippen LogP) is 0.819. The van der Waals surface area contributed by atoms with Crippen LogP contribution in [0.15, 0.2) is 12.1 Å². The highest BCUT2D eigenvalue weighted by Gasteiger charge is 2.25. The van der Waals surface area contributed by atoms with E-state index in [-0.39, 0.29) is 18.4 Å². The number of primary amides is 1. The summed E-state index contributed by atoms with van der Waals surface area (Å²) in [7, 11) is 0. The SMILES string of the molecule is NC(=O)CC1CCN(C(=O)c2ccc(C#CCO)s2)CC1. The van der Waals surface area contributed by atoms with Gasteiger partial charge in [-0.15, -0.1) is 11.3 Å². The first-order chi connectivity index (χ1) is 10.1. The molecule has 1 saturated heterocycles. The van der Waals surface area contributed by atoms with Crippen molar-refractivity contribution in [2.75, 3.05) is 19.7 Å². The van der Waals surface area contributed by atoms with Crippen LogP contribution in [0.25, 0.3) is 0 Å². The minimum atomic E-state index is -0.273. The Hall–Kier alpha value is -1.84. The Morgan fingerprint density at radius 3 is 2.71 bits per heavy atom. The van der Waals surface area contributed by atoms with Gasteiger partial charge in [-0.05, 0) is 30.9 Å². The first kappa shape index (κ1) is 15.5. The van der Waals surface area contributed by atoms with Crippen LogP contribution in [0, 0.1) is 17.8 Å². The largest absolute Gasteiger partial charge is 0.384 e. The van der Waals surface area contributed by atoms with E-state index in [1.54, 1.807) is 12.1 Å². The molecule has 0 spiro atoms. The summed E-state index contributed by atoms with van der Waals surface area (Å²) in [5.41, 5.74) is 5.20. The number of carbonyl (C=O) groups excluding carboxylic acids is 2. The van der Waals surface area contributed by atoms with Crippen molar-refractivity contribution in [3.63, 3.8) is 0 Å². The van der Waals surface area contributed by atoms with Crippen LogP contribution in [0.5, 0.6) is 0 Å². The van der Waals surface area contributed by atoms with Crippen LogP contribution < -0.4 is 5.73 Å². The minimum absolute atomic E-state index is 0.00886. The molecule has 0 aliphatic carbocycles. The van der Waals surface area contributed by atoms with Crippen LogP contribution >= 0.6 is 11.3 Å². The third kappa shape index (κ3) is 4.31. The third-order valence-electron chi connectivity index (χ3n) is 3.50. The van der Waals surface area contributed by atoms with E-state index < -0.39 is 0 Å². The maximum absolute atomic E-state index is 12.4. The van der Waals surface area contributed by atoms with Crippen LogP contribution in [-0.2, 0) is 4.79 Å². The van der Waals surface area contributed by atoms with Gasteiger partial charge in [0.05, 0.1) is 9.75 Å². The summed E-state index contributed by atoms with van der Waals surface area (Å²) in [5.74, 6) is 5.39. The quantitative estimate of drug-likeness (QED) is 0.811. The van der Waals surface area contributed by atoms with E-state index in [2.05, 4.69) is 11.8 Å². The molecule has 1 aliphatic rings. The molecule has 0 saturated carbocycles. The van der Waals surface area contributed by atoms with E-state index in [1.807, 2.05) is 4.90 Å². The molecule has 2 amide bonds. The van der Waals surface area contributed by atoms with Gasteiger partial charge in [-0.1, -0.05) is 11.8 Å². The summed E-state index contributed by atoms with van der Waals surface area (Å²) in [6.45, 7) is 1.13. The second-order valence-corrected chi connectivity index (χ2v) is 6.11. The van der Waals surface area contributed by atoms with Crippen molar-refractivity contribution >= 4 is 23.2 Å². The molecule has 0 unspecified atom stereocenters. The molecule has 0 aromatic carbocycles. The Labute approximate surface area is 127 Å². The molecule has 3 N–H and O–H groups in total. The van der Waals surface area contributed by atoms with Crippen molar-refractivity contribution in [1.29, 1.82) is 0 Å². The van der Waals surface area contributed by atoms with Gasteiger partial charge in [0.2, 0.25) is 5.91 Å². The number of aliphatic hydroxyl groups is 1. The van der Waals surface area contributed by atoms with Gasteiger partial charge in [-0.25, -0.2) is 0 Å². The van der Waals surface area contributed by atoms with Gasteiger partial charge >= 0.3 is 0 Å². The molecular weight excluding hydrogens is 288 g/mol. The average molecular weight is 306 g/mol. The number of hydrogen-bond donors (Lipinski definition) is 2. The summed E-state index contributed by atoms with van der Waals surface area (Å²) >= 11 is 1.34. The van der Waals surface area contributed by atoms with Crippen LogP contribution in [0.3, 0.4) is 0 Å². The van der Waals surface area contributed by atoms with Crippen LogP contribution in [0.4, 0.5) is 0 Å². The molecule has 0 bridgehead atoms. The fourth-order valence-corrected chi connectivity index (χ4v) is 3.28. The lowest BCUT2D eigenvalue weighted by atomic mass is 9.93. The van der Waals surface area contributed by atoms with Crippen molar-refractivity contribution < 1.29 is 14.7 Å². The van der Waals surface area contributed by atoms with Gasteiger partial charge in [0.25, 0.3) is 5.91 Å². The second-order valence-electron chi connectivity index (χ2n) is 5.03. The molecule has 1 fully saturated rings. The normalized spacial score (nSPS) is 15.4. The first-order valence-electron chi connectivity index (χ1n) is 6.87. The van der Waals surface area contributed by atoms with Gasteiger partial charge in [0.1, 0.15) is 6.61 Å². The molecule has 21 heavy (non-hydrogen) atoms. The number of amides is 2. The number of rotatable bonds is 3. The summed E-state index contributed by atoms with van der Waals surface area (Å²) in [5, 5.41) is 8.66. The Bertz CT molecular complexity index is 577. The topological polar surface area (TPSA) is 83.6 Å². The molecule has 2 rings (SSSR count). The maximum atomic E-state index is 12.4. The zero-order valence-electron chi connectivity index (χ0n) is 11.7. The van der Waals surface area contributed by atoms with E-state index in [4.69, 9.17) is 10.8 Å².